The Bertz CT molecular complexity index is 1370. The summed E-state index contributed by atoms with van der Waals surface area (Å²) < 4.78 is 0.669. The summed E-state index contributed by atoms with van der Waals surface area (Å²) in [4.78, 5) is 28.3. The maximum Gasteiger partial charge on any atom is 0.296 e. The molecule has 10 heteroatoms. The lowest BCUT2D eigenvalue weighted by molar-refractivity contribution is -0.117. The monoisotopic (exact) mass is 525 g/mol. The number of thioether (sulfide) groups is 1. The minimum absolute atomic E-state index is 0.0456. The summed E-state index contributed by atoms with van der Waals surface area (Å²) in [7, 11) is 0. The first-order valence-electron chi connectivity index (χ1n) is 10.1. The molecule has 0 radical (unpaired) electrons. The van der Waals surface area contributed by atoms with Crippen LogP contribution in [0.25, 0.3) is 0 Å². The molecule has 3 heterocycles. The number of ketones is 1. The van der Waals surface area contributed by atoms with Crippen LogP contribution >= 0.6 is 46.0 Å². The van der Waals surface area contributed by atoms with Gasteiger partial charge in [0.15, 0.2) is 10.1 Å². The lowest BCUT2D eigenvalue weighted by Crippen LogP contribution is -2.30. The van der Waals surface area contributed by atoms with Crippen LogP contribution in [0.3, 0.4) is 0 Å². The number of halogens is 1. The number of carbonyl (C=O) groups excluding carboxylic acids is 2. The zero-order valence-corrected chi connectivity index (χ0v) is 20.6. The second-order valence-electron chi connectivity index (χ2n) is 7.32. The van der Waals surface area contributed by atoms with Gasteiger partial charge in [-0.25, -0.2) is 0 Å². The Hall–Kier alpha value is -2.98. The highest BCUT2D eigenvalue weighted by atomic mass is 35.5. The number of Topliss-reactive ketones (excluding diaryl/α,β-unsaturated/α-hetero) is 1. The van der Waals surface area contributed by atoms with Crippen molar-refractivity contribution in [3.63, 3.8) is 0 Å². The van der Waals surface area contributed by atoms with Crippen LogP contribution in [0, 0.1) is 0 Å². The molecule has 2 aromatic carbocycles. The van der Waals surface area contributed by atoms with E-state index in [1.54, 1.807) is 17.5 Å². The summed E-state index contributed by atoms with van der Waals surface area (Å²) in [5.74, 6) is -0.941. The summed E-state index contributed by atoms with van der Waals surface area (Å²) in [5, 5.41) is 22.0. The molecular weight excluding hydrogens is 510 g/mol. The van der Waals surface area contributed by atoms with Gasteiger partial charge >= 0.3 is 0 Å². The van der Waals surface area contributed by atoms with Gasteiger partial charge in [0.1, 0.15) is 0 Å². The summed E-state index contributed by atoms with van der Waals surface area (Å²) in [6, 6.07) is 19.3. The van der Waals surface area contributed by atoms with E-state index in [0.29, 0.717) is 30.7 Å². The third kappa shape index (κ3) is 4.39. The van der Waals surface area contributed by atoms with Crippen LogP contribution in [0.2, 0.25) is 5.02 Å². The first-order valence-corrected chi connectivity index (χ1v) is 13.2. The van der Waals surface area contributed by atoms with Crippen LogP contribution in [0.1, 0.15) is 26.8 Å². The zero-order chi connectivity index (χ0) is 23.7. The van der Waals surface area contributed by atoms with Crippen molar-refractivity contribution in [1.29, 1.82) is 0 Å². The standard InChI is InChI=1S/C24H16ClN3O3S3/c25-16-10-8-14(9-11-16)13-33-24-27-26-23(34-24)28-19(15-5-2-1-3-6-15)18(21(30)22(28)31)20(29)17-7-4-12-32-17/h1-12,19,30H,13H2. The summed E-state index contributed by atoms with van der Waals surface area (Å²) >= 11 is 9.94. The molecular formula is C24H16ClN3O3S3. The van der Waals surface area contributed by atoms with Crippen LogP contribution in [0.5, 0.6) is 0 Å². The van der Waals surface area contributed by atoms with E-state index in [2.05, 4.69) is 10.2 Å². The summed E-state index contributed by atoms with van der Waals surface area (Å²) in [6.07, 6.45) is 0. The normalized spacial score (nSPS) is 15.9. The van der Waals surface area contributed by atoms with Gasteiger partial charge in [-0.3, -0.25) is 14.5 Å². The van der Waals surface area contributed by atoms with Crippen LogP contribution in [0.15, 0.2) is 87.8 Å². The molecule has 0 saturated carbocycles. The average molecular weight is 526 g/mol. The van der Waals surface area contributed by atoms with Gasteiger partial charge in [0.25, 0.3) is 5.91 Å². The minimum atomic E-state index is -0.801. The largest absolute Gasteiger partial charge is 0.503 e. The van der Waals surface area contributed by atoms with Crippen molar-refractivity contribution in [2.75, 3.05) is 4.90 Å². The molecule has 0 saturated heterocycles. The number of thiophene rings is 1. The van der Waals surface area contributed by atoms with Gasteiger partial charge in [-0.05, 0) is 34.7 Å². The molecule has 5 rings (SSSR count). The second-order valence-corrected chi connectivity index (χ2v) is 10.9. The van der Waals surface area contributed by atoms with Crippen molar-refractivity contribution in [1.82, 2.24) is 10.2 Å². The number of rotatable bonds is 7. The molecule has 0 bridgehead atoms. The predicted octanol–water partition coefficient (Wildman–Crippen LogP) is 6.33. The van der Waals surface area contributed by atoms with Gasteiger partial charge in [-0.15, -0.1) is 21.5 Å². The quantitative estimate of drug-likeness (QED) is 0.172. The number of anilines is 1. The minimum Gasteiger partial charge on any atom is -0.503 e. The molecule has 170 valence electrons. The topological polar surface area (TPSA) is 83.4 Å². The third-order valence-corrected chi connectivity index (χ3v) is 8.44. The number of aliphatic hydroxyl groups is 1. The van der Waals surface area contributed by atoms with E-state index in [-0.39, 0.29) is 11.4 Å². The van der Waals surface area contributed by atoms with Gasteiger partial charge in [-0.1, -0.05) is 83.2 Å². The van der Waals surface area contributed by atoms with Crippen LogP contribution in [-0.2, 0) is 10.5 Å². The number of nitrogens with zero attached hydrogens (tertiary/aromatic N) is 3. The van der Waals surface area contributed by atoms with Crippen molar-refractivity contribution in [2.24, 2.45) is 0 Å². The van der Waals surface area contributed by atoms with E-state index in [4.69, 9.17) is 11.6 Å². The molecule has 1 amide bonds. The van der Waals surface area contributed by atoms with Crippen molar-refractivity contribution < 1.29 is 14.7 Å². The summed E-state index contributed by atoms with van der Waals surface area (Å²) in [5.41, 5.74) is 1.82. The van der Waals surface area contributed by atoms with Crippen LogP contribution < -0.4 is 4.90 Å². The molecule has 0 fully saturated rings. The summed E-state index contributed by atoms with van der Waals surface area (Å²) in [6.45, 7) is 0. The van der Waals surface area contributed by atoms with E-state index >= 15 is 0 Å². The fourth-order valence-corrected chi connectivity index (χ4v) is 6.24. The number of benzene rings is 2. The number of aliphatic hydroxyl groups excluding tert-OH is 1. The highest BCUT2D eigenvalue weighted by Crippen LogP contribution is 2.44. The second kappa shape index (κ2) is 9.71. The Morgan fingerprint density at radius 1 is 1.06 bits per heavy atom. The Morgan fingerprint density at radius 2 is 1.82 bits per heavy atom. The first-order chi connectivity index (χ1) is 16.5. The van der Waals surface area contributed by atoms with Gasteiger partial charge in [0.2, 0.25) is 10.9 Å². The zero-order valence-electron chi connectivity index (χ0n) is 17.4. The van der Waals surface area contributed by atoms with Crippen molar-refractivity contribution in [2.45, 2.75) is 16.1 Å². The Kier molecular flexibility index (Phi) is 6.51. The van der Waals surface area contributed by atoms with Gasteiger partial charge in [0.05, 0.1) is 16.5 Å². The molecule has 1 atom stereocenters. The van der Waals surface area contributed by atoms with Crippen LogP contribution in [0.4, 0.5) is 5.13 Å². The lowest BCUT2D eigenvalue weighted by atomic mass is 9.96. The molecule has 1 N–H and O–H groups in total. The van der Waals surface area contributed by atoms with E-state index in [0.717, 1.165) is 5.56 Å². The van der Waals surface area contributed by atoms with E-state index in [1.165, 1.54) is 39.3 Å². The number of hydrogen-bond acceptors (Lipinski definition) is 8. The molecule has 0 aliphatic carbocycles. The number of aromatic nitrogens is 2. The SMILES string of the molecule is O=C(C1=C(O)C(=O)N(c2nnc(SCc3ccc(Cl)cc3)s2)C1c1ccccc1)c1cccs1. The third-order valence-electron chi connectivity index (χ3n) is 5.19. The Balaban J connectivity index is 1.46. The fraction of sp³-hybridized carbons (Fsp3) is 0.0833. The molecule has 6 nitrogen and oxygen atoms in total. The maximum absolute atomic E-state index is 13.3. The van der Waals surface area contributed by atoms with E-state index in [1.807, 2.05) is 54.6 Å². The first kappa shape index (κ1) is 22.8. The van der Waals surface area contributed by atoms with Crippen molar-refractivity contribution >= 4 is 62.9 Å². The smallest absolute Gasteiger partial charge is 0.296 e. The molecule has 1 unspecified atom stereocenters. The van der Waals surface area contributed by atoms with Gasteiger partial charge in [-0.2, -0.15) is 0 Å². The molecule has 34 heavy (non-hydrogen) atoms. The van der Waals surface area contributed by atoms with Crippen molar-refractivity contribution in [3.8, 4) is 0 Å². The molecule has 4 aromatic rings. The van der Waals surface area contributed by atoms with Gasteiger partial charge < -0.3 is 5.11 Å². The number of hydrogen-bond donors (Lipinski definition) is 1. The predicted molar refractivity (Wildman–Crippen MR) is 136 cm³/mol. The van der Waals surface area contributed by atoms with E-state index in [9.17, 15) is 14.7 Å². The fourth-order valence-electron chi connectivity index (χ4n) is 3.61. The Labute approximate surface area is 212 Å². The number of amides is 1. The number of carbonyl (C=O) groups is 2. The van der Waals surface area contributed by atoms with E-state index < -0.39 is 17.7 Å². The molecule has 1 aliphatic rings. The van der Waals surface area contributed by atoms with Crippen LogP contribution in [-0.4, -0.2) is 27.0 Å². The van der Waals surface area contributed by atoms with Crippen molar-refractivity contribution in [3.05, 3.63) is 104 Å². The highest BCUT2D eigenvalue weighted by molar-refractivity contribution is 8.00. The van der Waals surface area contributed by atoms with Gasteiger partial charge in [0, 0.05) is 10.8 Å². The Morgan fingerprint density at radius 3 is 2.53 bits per heavy atom. The highest BCUT2D eigenvalue weighted by Gasteiger charge is 2.46. The molecule has 0 spiro atoms. The molecule has 1 aliphatic heterocycles. The maximum atomic E-state index is 13.3. The lowest BCUT2D eigenvalue weighted by Gasteiger charge is -2.23. The average Bonchev–Trinajstić information content (AvgIpc) is 3.60. The molecule has 2 aromatic heterocycles.